The maximum Gasteiger partial charge on any atom is 0.165 e. The van der Waals surface area contributed by atoms with Crippen molar-refractivity contribution in [1.82, 2.24) is 24.1 Å². The summed E-state index contributed by atoms with van der Waals surface area (Å²) < 4.78 is 7.31. The number of fused-ring (bicyclic) bond motifs is 10. The highest BCUT2D eigenvalue weighted by Crippen LogP contribution is 2.48. The van der Waals surface area contributed by atoms with Gasteiger partial charge in [-0.1, -0.05) is 176 Å². The van der Waals surface area contributed by atoms with E-state index in [-0.39, 0.29) is 0 Å². The molecule has 0 bridgehead atoms. The van der Waals surface area contributed by atoms with Crippen LogP contribution in [0.3, 0.4) is 0 Å². The highest BCUT2D eigenvalue weighted by molar-refractivity contribution is 7.27. The van der Waals surface area contributed by atoms with E-state index in [1.54, 1.807) is 0 Å². The van der Waals surface area contributed by atoms with Gasteiger partial charge in [0, 0.05) is 76.2 Å². The number of rotatable bonds is 6. The predicted molar refractivity (Wildman–Crippen MR) is 263 cm³/mol. The molecule has 0 saturated heterocycles. The van der Waals surface area contributed by atoms with Crippen LogP contribution in [0, 0.1) is 0 Å². The van der Waals surface area contributed by atoms with Gasteiger partial charge >= 0.3 is 0 Å². The van der Waals surface area contributed by atoms with E-state index in [9.17, 15) is 0 Å². The molecule has 13 aromatic rings. The van der Waals surface area contributed by atoms with Crippen molar-refractivity contribution in [3.8, 4) is 56.7 Å². The van der Waals surface area contributed by atoms with Gasteiger partial charge in [-0.15, -0.1) is 11.3 Å². The summed E-state index contributed by atoms with van der Waals surface area (Å²) in [4.78, 5) is 15.3. The van der Waals surface area contributed by atoms with Gasteiger partial charge in [-0.3, -0.25) is 0 Å². The van der Waals surface area contributed by atoms with Crippen LogP contribution in [0.5, 0.6) is 0 Å². The van der Waals surface area contributed by atoms with Gasteiger partial charge in [0.1, 0.15) is 0 Å². The van der Waals surface area contributed by atoms with E-state index in [2.05, 4.69) is 185 Å². The molecule has 13 rings (SSSR count). The fourth-order valence-corrected chi connectivity index (χ4v) is 11.0. The summed E-state index contributed by atoms with van der Waals surface area (Å²) in [6.45, 7) is 0. The number of thiophene rings is 1. The van der Waals surface area contributed by atoms with E-state index in [0.717, 1.165) is 32.8 Å². The first-order valence-corrected chi connectivity index (χ1v) is 22.0. The highest BCUT2D eigenvalue weighted by atomic mass is 32.1. The van der Waals surface area contributed by atoms with Crippen LogP contribution in [0.25, 0.3) is 120 Å². The van der Waals surface area contributed by atoms with Crippen molar-refractivity contribution in [1.29, 1.82) is 0 Å². The van der Waals surface area contributed by atoms with E-state index in [1.807, 2.05) is 47.7 Å². The Balaban J connectivity index is 1.12. The Morgan fingerprint density at radius 1 is 0.286 bits per heavy atom. The molecule has 294 valence electrons. The Morgan fingerprint density at radius 2 is 0.714 bits per heavy atom. The Hall–Kier alpha value is -8.19. The topological polar surface area (TPSA) is 48.5 Å². The monoisotopic (exact) mass is 821 g/mol. The van der Waals surface area contributed by atoms with Gasteiger partial charge in [-0.2, -0.15) is 0 Å². The molecule has 0 aliphatic carbocycles. The molecule has 0 saturated carbocycles. The highest BCUT2D eigenvalue weighted by Gasteiger charge is 2.24. The minimum atomic E-state index is 0.651. The number of para-hydroxylation sites is 5. The van der Waals surface area contributed by atoms with Gasteiger partial charge < -0.3 is 9.13 Å². The maximum absolute atomic E-state index is 5.17. The van der Waals surface area contributed by atoms with E-state index in [0.29, 0.717) is 17.5 Å². The predicted octanol–water partition coefficient (Wildman–Crippen LogP) is 15.1. The van der Waals surface area contributed by atoms with Crippen LogP contribution in [-0.4, -0.2) is 24.1 Å². The van der Waals surface area contributed by atoms with Gasteiger partial charge in [-0.05, 0) is 36.4 Å². The minimum absolute atomic E-state index is 0.651. The number of hydrogen-bond acceptors (Lipinski definition) is 4. The first-order chi connectivity index (χ1) is 31.3. The van der Waals surface area contributed by atoms with Gasteiger partial charge in [0.25, 0.3) is 0 Å². The van der Waals surface area contributed by atoms with Gasteiger partial charge in [-0.25, -0.2) is 15.0 Å². The Bertz CT molecular complexity index is 3830. The van der Waals surface area contributed by atoms with E-state index >= 15 is 0 Å². The van der Waals surface area contributed by atoms with Crippen LogP contribution in [0.4, 0.5) is 0 Å². The Labute approximate surface area is 366 Å². The molecule has 0 atom stereocenters. The summed E-state index contributed by atoms with van der Waals surface area (Å²) in [6.07, 6.45) is 0. The van der Waals surface area contributed by atoms with Crippen LogP contribution >= 0.6 is 11.3 Å². The second kappa shape index (κ2) is 14.2. The van der Waals surface area contributed by atoms with Crippen LogP contribution in [-0.2, 0) is 0 Å². The molecular formula is C57H35N5S. The zero-order valence-electron chi connectivity index (χ0n) is 33.9. The summed E-state index contributed by atoms with van der Waals surface area (Å²) in [5.41, 5.74) is 12.3. The van der Waals surface area contributed by atoms with Gasteiger partial charge in [0.15, 0.2) is 17.5 Å². The van der Waals surface area contributed by atoms with Crippen LogP contribution in [0.15, 0.2) is 212 Å². The summed E-state index contributed by atoms with van der Waals surface area (Å²) >= 11 is 1.82. The van der Waals surface area contributed by atoms with Crippen molar-refractivity contribution in [2.45, 2.75) is 0 Å². The zero-order valence-corrected chi connectivity index (χ0v) is 34.7. The molecule has 0 amide bonds. The molecule has 0 fully saturated rings. The SMILES string of the molecule is c1ccc(-c2nc(-c3ccccc3)nc(-c3cccc4c3sc3c4ccc4c5cccc(-c6cccc7c8ccccc8n(-c8ccccc8)c67)c5n(-c5ccccc5)c43)n2)cc1. The number of benzene rings is 9. The normalized spacial score (nSPS) is 11.8. The van der Waals surface area contributed by atoms with Crippen molar-refractivity contribution in [3.05, 3.63) is 212 Å². The molecular weight excluding hydrogens is 787 g/mol. The average Bonchev–Trinajstić information content (AvgIpc) is 4.03. The minimum Gasteiger partial charge on any atom is -0.309 e. The molecule has 9 aromatic carbocycles. The third kappa shape index (κ3) is 5.52. The molecule has 6 heteroatoms. The standard InChI is InChI=1S/C57H35N5S/c1-5-18-36(19-6-1)55-58-56(37-20-7-2-8-21-37)60-57(59-55)48-32-17-31-46-47-35-34-45-44-30-16-29-43(51(44)62(39-24-11-4-12-25-39)52(45)54(47)63-53(46)48)42-28-15-27-41-40-26-13-14-33-49(40)61(50(41)42)38-22-9-3-10-23-38/h1-35H. The van der Waals surface area contributed by atoms with Gasteiger partial charge in [0.05, 0.1) is 26.8 Å². The lowest BCUT2D eigenvalue weighted by Crippen LogP contribution is -2.00. The number of aromatic nitrogens is 5. The maximum atomic E-state index is 5.17. The molecule has 0 aliphatic rings. The van der Waals surface area contributed by atoms with E-state index in [1.165, 1.54) is 70.2 Å². The third-order valence-corrected chi connectivity index (χ3v) is 13.6. The molecule has 0 aliphatic heterocycles. The molecule has 5 nitrogen and oxygen atoms in total. The van der Waals surface area contributed by atoms with Crippen LogP contribution in [0.2, 0.25) is 0 Å². The summed E-state index contributed by atoms with van der Waals surface area (Å²) in [7, 11) is 0. The fraction of sp³-hybridized carbons (Fsp3) is 0. The Morgan fingerprint density at radius 3 is 1.35 bits per heavy atom. The molecule has 4 heterocycles. The molecule has 0 N–H and O–H groups in total. The first-order valence-electron chi connectivity index (χ1n) is 21.2. The van der Waals surface area contributed by atoms with E-state index < -0.39 is 0 Å². The molecule has 63 heavy (non-hydrogen) atoms. The quantitative estimate of drug-likeness (QED) is 0.168. The Kier molecular flexibility index (Phi) is 8.01. The van der Waals surface area contributed by atoms with Crippen molar-refractivity contribution >= 4 is 75.1 Å². The van der Waals surface area contributed by atoms with Crippen molar-refractivity contribution in [3.63, 3.8) is 0 Å². The lowest BCUT2D eigenvalue weighted by Gasteiger charge is -2.15. The largest absolute Gasteiger partial charge is 0.309 e. The summed E-state index contributed by atoms with van der Waals surface area (Å²) in [5, 5.41) is 7.28. The van der Waals surface area contributed by atoms with Gasteiger partial charge in [0.2, 0.25) is 0 Å². The smallest absolute Gasteiger partial charge is 0.165 e. The van der Waals surface area contributed by atoms with E-state index in [4.69, 9.17) is 15.0 Å². The number of nitrogens with zero attached hydrogens (tertiary/aromatic N) is 5. The van der Waals surface area contributed by atoms with Crippen LogP contribution < -0.4 is 0 Å². The third-order valence-electron chi connectivity index (χ3n) is 12.4. The molecule has 0 unspecified atom stereocenters. The summed E-state index contributed by atoms with van der Waals surface area (Å²) in [5.74, 6) is 1.96. The van der Waals surface area contributed by atoms with Crippen molar-refractivity contribution in [2.75, 3.05) is 0 Å². The lowest BCUT2D eigenvalue weighted by molar-refractivity contribution is 1.08. The average molecular weight is 822 g/mol. The van der Waals surface area contributed by atoms with Crippen LogP contribution in [0.1, 0.15) is 0 Å². The molecule has 0 radical (unpaired) electrons. The molecule has 0 spiro atoms. The van der Waals surface area contributed by atoms with Crippen molar-refractivity contribution < 1.29 is 0 Å². The molecule has 4 aromatic heterocycles. The summed E-state index contributed by atoms with van der Waals surface area (Å²) in [6, 6.07) is 75.5. The number of hydrogen-bond donors (Lipinski definition) is 0. The second-order valence-electron chi connectivity index (χ2n) is 15.9. The zero-order chi connectivity index (χ0) is 41.4. The fourth-order valence-electron chi connectivity index (χ4n) is 9.64. The first kappa shape index (κ1) is 35.6. The van der Waals surface area contributed by atoms with Crippen molar-refractivity contribution in [2.24, 2.45) is 0 Å². The second-order valence-corrected chi connectivity index (χ2v) is 16.9. The lowest BCUT2D eigenvalue weighted by atomic mass is 9.99.